The molecule has 0 bridgehead atoms. The van der Waals surface area contributed by atoms with E-state index in [1.165, 1.54) is 9.21 Å². The summed E-state index contributed by atoms with van der Waals surface area (Å²) in [7, 11) is -1.59. The van der Waals surface area contributed by atoms with Crippen molar-refractivity contribution in [1.29, 1.82) is 0 Å². The molecule has 0 unspecified atom stereocenters. The Balaban J connectivity index is 2.01. The number of halogens is 2. The minimum Gasteiger partial charge on any atom is -0.345 e. The van der Waals surface area contributed by atoms with Crippen molar-refractivity contribution in [3.05, 3.63) is 0 Å². The molecule has 1 heterocycles. The zero-order chi connectivity index (χ0) is 17.8. The molecule has 134 valence electrons. The van der Waals surface area contributed by atoms with Gasteiger partial charge in [-0.3, -0.25) is 4.79 Å². The lowest BCUT2D eigenvalue weighted by molar-refractivity contribution is -0.198. The second-order valence-corrected chi connectivity index (χ2v) is 10.0. The molecular weight excluding hydrogens is 326 g/mol. The third-order valence-corrected chi connectivity index (χ3v) is 6.43. The van der Waals surface area contributed by atoms with Crippen LogP contribution in [-0.4, -0.2) is 62.4 Å². The van der Waals surface area contributed by atoms with Crippen molar-refractivity contribution in [2.45, 2.75) is 39.5 Å². The molecule has 0 aromatic carbocycles. The lowest BCUT2D eigenvalue weighted by atomic mass is 9.59. The molecule has 5 nitrogen and oxygen atoms in total. The number of rotatable bonds is 5. The highest BCUT2D eigenvalue weighted by atomic mass is 32.2. The van der Waals surface area contributed by atoms with E-state index in [2.05, 4.69) is 0 Å². The molecule has 1 aliphatic carbocycles. The van der Waals surface area contributed by atoms with Gasteiger partial charge in [0.25, 0.3) is 0 Å². The van der Waals surface area contributed by atoms with Crippen molar-refractivity contribution >= 4 is 15.9 Å². The number of carbonyl (C=O) groups is 1. The van der Waals surface area contributed by atoms with Crippen LogP contribution in [-0.2, 0) is 14.8 Å². The Bertz CT molecular complexity index is 590. The van der Waals surface area contributed by atoms with Crippen LogP contribution in [0.4, 0.5) is 8.78 Å². The lowest BCUT2D eigenvalue weighted by Gasteiger charge is -2.52. The van der Waals surface area contributed by atoms with Gasteiger partial charge >= 0.3 is 0 Å². The maximum Gasteiger partial charge on any atom is 0.250 e. The summed E-state index contributed by atoms with van der Waals surface area (Å²) in [6.07, 6.45) is 0.367. The number of carbonyl (C=O) groups excluding carboxylic acids is 1. The number of sulfonamides is 1. The Labute approximate surface area is 137 Å². The maximum absolute atomic E-state index is 13.4. The minimum absolute atomic E-state index is 0.154. The summed E-state index contributed by atoms with van der Waals surface area (Å²) in [6.45, 7) is 6.60. The SMILES string of the molecule is CC(C)C1(C(=O)N(C)CC2(C)CN(S(C)(=O)=O)C2)CC(F)(F)C1. The van der Waals surface area contributed by atoms with E-state index in [1.54, 1.807) is 20.9 Å². The van der Waals surface area contributed by atoms with Crippen molar-refractivity contribution in [3.63, 3.8) is 0 Å². The predicted octanol–water partition coefficient (Wildman–Crippen LogP) is 1.80. The van der Waals surface area contributed by atoms with Crippen LogP contribution in [0.15, 0.2) is 0 Å². The Morgan fingerprint density at radius 3 is 2.09 bits per heavy atom. The van der Waals surface area contributed by atoms with Gasteiger partial charge in [0.2, 0.25) is 21.9 Å². The number of hydrogen-bond acceptors (Lipinski definition) is 3. The van der Waals surface area contributed by atoms with Crippen LogP contribution in [0.5, 0.6) is 0 Å². The third-order valence-electron chi connectivity index (χ3n) is 5.23. The van der Waals surface area contributed by atoms with Crippen LogP contribution < -0.4 is 0 Å². The maximum atomic E-state index is 13.4. The van der Waals surface area contributed by atoms with Crippen molar-refractivity contribution in [3.8, 4) is 0 Å². The molecule has 0 aromatic heterocycles. The van der Waals surface area contributed by atoms with Gasteiger partial charge in [-0.25, -0.2) is 21.5 Å². The van der Waals surface area contributed by atoms with Crippen LogP contribution in [0.3, 0.4) is 0 Å². The second kappa shape index (κ2) is 5.37. The molecule has 2 rings (SSSR count). The fourth-order valence-corrected chi connectivity index (χ4v) is 4.93. The van der Waals surface area contributed by atoms with Crippen LogP contribution in [0, 0.1) is 16.7 Å². The first kappa shape index (κ1) is 18.6. The summed E-state index contributed by atoms with van der Waals surface area (Å²) < 4.78 is 51.0. The molecule has 2 aliphatic rings. The number of nitrogens with zero attached hydrogens (tertiary/aromatic N) is 2. The third kappa shape index (κ3) is 3.38. The van der Waals surface area contributed by atoms with Gasteiger partial charge in [-0.1, -0.05) is 20.8 Å². The molecule has 1 saturated carbocycles. The molecule has 1 saturated heterocycles. The van der Waals surface area contributed by atoms with Gasteiger partial charge in [0.15, 0.2) is 0 Å². The number of alkyl halides is 2. The first-order chi connectivity index (χ1) is 10.2. The quantitative estimate of drug-likeness (QED) is 0.758. The monoisotopic (exact) mass is 352 g/mol. The summed E-state index contributed by atoms with van der Waals surface area (Å²) >= 11 is 0. The van der Waals surface area contributed by atoms with Gasteiger partial charge in [-0.15, -0.1) is 0 Å². The van der Waals surface area contributed by atoms with E-state index in [4.69, 9.17) is 0 Å². The summed E-state index contributed by atoms with van der Waals surface area (Å²) in [5.41, 5.74) is -1.31. The van der Waals surface area contributed by atoms with Gasteiger partial charge < -0.3 is 4.90 Å². The van der Waals surface area contributed by atoms with Crippen LogP contribution in [0.2, 0.25) is 0 Å². The number of hydrogen-bond donors (Lipinski definition) is 0. The zero-order valence-corrected chi connectivity index (χ0v) is 15.2. The summed E-state index contributed by atoms with van der Waals surface area (Å²) in [6, 6.07) is 0. The fourth-order valence-electron chi connectivity index (χ4n) is 3.84. The van der Waals surface area contributed by atoms with E-state index in [0.717, 1.165) is 6.26 Å². The van der Waals surface area contributed by atoms with Crippen LogP contribution in [0.25, 0.3) is 0 Å². The molecule has 0 spiro atoms. The Hall–Kier alpha value is -0.760. The molecule has 2 fully saturated rings. The largest absolute Gasteiger partial charge is 0.345 e. The highest BCUT2D eigenvalue weighted by Gasteiger charge is 2.63. The van der Waals surface area contributed by atoms with Crippen molar-refractivity contribution < 1.29 is 22.0 Å². The second-order valence-electron chi connectivity index (χ2n) is 8.02. The molecule has 1 aliphatic heterocycles. The molecule has 8 heteroatoms. The Morgan fingerprint density at radius 2 is 1.74 bits per heavy atom. The fraction of sp³-hybridized carbons (Fsp3) is 0.933. The topological polar surface area (TPSA) is 57.7 Å². The molecule has 0 aromatic rings. The summed E-state index contributed by atoms with van der Waals surface area (Å²) in [5, 5.41) is 0. The lowest BCUT2D eigenvalue weighted by Crippen LogP contribution is -2.63. The van der Waals surface area contributed by atoms with E-state index in [1.807, 2.05) is 6.92 Å². The van der Waals surface area contributed by atoms with E-state index in [-0.39, 0.29) is 17.2 Å². The van der Waals surface area contributed by atoms with E-state index in [9.17, 15) is 22.0 Å². The molecule has 0 N–H and O–H groups in total. The van der Waals surface area contributed by atoms with Crippen LogP contribution >= 0.6 is 0 Å². The molecule has 0 radical (unpaired) electrons. The molecule has 0 atom stereocenters. The zero-order valence-electron chi connectivity index (χ0n) is 14.4. The first-order valence-corrected chi connectivity index (χ1v) is 9.64. The average Bonchev–Trinajstić information content (AvgIpc) is 2.29. The standard InChI is InChI=1S/C15H26F2N2O3S/c1-11(2)14(6-15(16,17)7-14)12(20)18(4)8-13(3)9-19(10-13)23(5,21)22/h11H,6-10H2,1-5H3. The van der Waals surface area contributed by atoms with E-state index >= 15 is 0 Å². The molecular formula is C15H26F2N2O3S. The van der Waals surface area contributed by atoms with Crippen molar-refractivity contribution in [2.24, 2.45) is 16.7 Å². The van der Waals surface area contributed by atoms with Gasteiger partial charge in [0.05, 0.1) is 11.7 Å². The normalized spacial score (nSPS) is 25.6. The predicted molar refractivity (Wildman–Crippen MR) is 83.6 cm³/mol. The highest BCUT2D eigenvalue weighted by molar-refractivity contribution is 7.88. The smallest absolute Gasteiger partial charge is 0.250 e. The Morgan fingerprint density at radius 1 is 1.26 bits per heavy atom. The molecule has 1 amide bonds. The van der Waals surface area contributed by atoms with Crippen molar-refractivity contribution in [2.75, 3.05) is 32.9 Å². The van der Waals surface area contributed by atoms with Crippen molar-refractivity contribution in [1.82, 2.24) is 9.21 Å². The van der Waals surface area contributed by atoms with Gasteiger partial charge in [-0.05, 0) is 5.92 Å². The van der Waals surface area contributed by atoms with E-state index < -0.39 is 34.2 Å². The number of amides is 1. The van der Waals surface area contributed by atoms with Crippen LogP contribution in [0.1, 0.15) is 33.6 Å². The first-order valence-electron chi connectivity index (χ1n) is 7.79. The molecule has 23 heavy (non-hydrogen) atoms. The Kier molecular flexibility index (Phi) is 4.34. The van der Waals surface area contributed by atoms with Gasteiger partial charge in [0.1, 0.15) is 0 Å². The average molecular weight is 352 g/mol. The summed E-state index contributed by atoms with van der Waals surface area (Å²) in [4.78, 5) is 14.2. The highest BCUT2D eigenvalue weighted by Crippen LogP contribution is 2.57. The van der Waals surface area contributed by atoms with Gasteiger partial charge in [0, 0.05) is 44.9 Å². The minimum atomic E-state index is -3.21. The van der Waals surface area contributed by atoms with E-state index in [0.29, 0.717) is 19.6 Å². The summed E-state index contributed by atoms with van der Waals surface area (Å²) in [5.74, 6) is -3.16. The van der Waals surface area contributed by atoms with Gasteiger partial charge in [-0.2, -0.15) is 0 Å².